The first-order valence-electron chi connectivity index (χ1n) is 11.2. The zero-order chi connectivity index (χ0) is 25.2. The third-order valence-electron chi connectivity index (χ3n) is 5.61. The molecule has 0 bridgehead atoms. The van der Waals surface area contributed by atoms with E-state index >= 15 is 0 Å². The van der Waals surface area contributed by atoms with Gasteiger partial charge in [-0.3, -0.25) is 4.98 Å². The van der Waals surface area contributed by atoms with E-state index in [1.54, 1.807) is 19.2 Å². The molecule has 0 saturated heterocycles. The monoisotopic (exact) mass is 477 g/mol. The van der Waals surface area contributed by atoms with Gasteiger partial charge in [0.1, 0.15) is 0 Å². The summed E-state index contributed by atoms with van der Waals surface area (Å²) in [5.41, 5.74) is 12.4. The van der Waals surface area contributed by atoms with Crippen molar-refractivity contribution in [2.45, 2.75) is 20.4 Å². The Balaban J connectivity index is 1.72. The predicted molar refractivity (Wildman–Crippen MR) is 136 cm³/mol. The van der Waals surface area contributed by atoms with Crippen LogP contribution < -0.4 is 15.8 Å². The Morgan fingerprint density at radius 2 is 1.83 bits per heavy atom. The lowest BCUT2D eigenvalue weighted by Gasteiger charge is -2.14. The van der Waals surface area contributed by atoms with Crippen LogP contribution in [0.3, 0.4) is 0 Å². The van der Waals surface area contributed by atoms with Gasteiger partial charge in [0.25, 0.3) is 0 Å². The number of anilines is 2. The van der Waals surface area contributed by atoms with Crippen molar-refractivity contribution in [3.63, 3.8) is 0 Å². The molecule has 0 aliphatic rings. The third-order valence-corrected chi connectivity index (χ3v) is 5.61. The number of aryl methyl sites for hydroxylation is 2. The van der Waals surface area contributed by atoms with Gasteiger partial charge in [-0.15, -0.1) is 5.10 Å². The van der Waals surface area contributed by atoms with Gasteiger partial charge in [-0.25, -0.2) is 9.97 Å². The van der Waals surface area contributed by atoms with Crippen LogP contribution in [0, 0.1) is 25.2 Å². The molecule has 0 aliphatic heterocycles. The zero-order valence-electron chi connectivity index (χ0n) is 20.0. The van der Waals surface area contributed by atoms with Crippen molar-refractivity contribution in [2.75, 3.05) is 18.2 Å². The van der Waals surface area contributed by atoms with E-state index < -0.39 is 0 Å². The average molecular weight is 478 g/mol. The number of rotatable bonds is 6. The molecule has 178 valence electrons. The first kappa shape index (κ1) is 22.7. The molecule has 3 N–H and O–H groups in total. The van der Waals surface area contributed by atoms with Gasteiger partial charge >= 0.3 is 0 Å². The molecule has 0 spiro atoms. The van der Waals surface area contributed by atoms with Crippen LogP contribution in [0.2, 0.25) is 0 Å². The van der Waals surface area contributed by atoms with Crippen LogP contribution in [0.4, 0.5) is 11.9 Å². The summed E-state index contributed by atoms with van der Waals surface area (Å²) >= 11 is 0. The largest absolute Gasteiger partial charge is 0.481 e. The fourth-order valence-corrected chi connectivity index (χ4v) is 4.03. The zero-order valence-corrected chi connectivity index (χ0v) is 20.0. The van der Waals surface area contributed by atoms with E-state index in [1.165, 1.54) is 4.52 Å². The summed E-state index contributed by atoms with van der Waals surface area (Å²) in [6, 6.07) is 19.0. The van der Waals surface area contributed by atoms with Crippen molar-refractivity contribution in [3.05, 3.63) is 77.2 Å². The Bertz CT molecular complexity index is 1640. The second-order valence-corrected chi connectivity index (χ2v) is 8.19. The van der Waals surface area contributed by atoms with Crippen molar-refractivity contribution in [1.82, 2.24) is 29.5 Å². The van der Waals surface area contributed by atoms with E-state index in [4.69, 9.17) is 15.5 Å². The molecule has 0 fully saturated rings. The van der Waals surface area contributed by atoms with E-state index in [9.17, 15) is 5.26 Å². The summed E-state index contributed by atoms with van der Waals surface area (Å²) in [7, 11) is 1.56. The summed E-state index contributed by atoms with van der Waals surface area (Å²) in [6.45, 7) is 4.26. The first-order chi connectivity index (χ1) is 17.5. The lowest BCUT2D eigenvalue weighted by Crippen LogP contribution is -2.07. The lowest BCUT2D eigenvalue weighted by atomic mass is 9.97. The molecule has 1 aromatic carbocycles. The molecular weight excluding hydrogens is 454 g/mol. The van der Waals surface area contributed by atoms with Gasteiger partial charge in [0.05, 0.1) is 42.2 Å². The van der Waals surface area contributed by atoms with Crippen molar-refractivity contribution in [1.29, 1.82) is 5.26 Å². The Hall–Kier alpha value is -5.04. The molecule has 0 radical (unpaired) electrons. The Kier molecular flexibility index (Phi) is 5.88. The Labute approximate surface area is 207 Å². The standard InChI is InChI=1S/C26H23N9O/c1-15-7-6-9-19(30-15)14-29-26-33-24-22(18-11-16(2)31-21(12-18)36-3)23(32-25(28)35(24)34-26)20-10-5-4-8-17(20)13-27/h4-12H,14H2,1-3H3,(H2,28,32)(H,29,34). The molecule has 5 aromatic rings. The van der Waals surface area contributed by atoms with E-state index in [0.717, 1.165) is 22.6 Å². The maximum atomic E-state index is 9.76. The number of nitrogens with two attached hydrogens (primary N) is 1. The van der Waals surface area contributed by atoms with Crippen LogP contribution in [0.15, 0.2) is 54.6 Å². The molecule has 0 saturated carbocycles. The number of fused-ring (bicyclic) bond motifs is 1. The Morgan fingerprint density at radius 1 is 1.00 bits per heavy atom. The summed E-state index contributed by atoms with van der Waals surface area (Å²) in [4.78, 5) is 18.4. The van der Waals surface area contributed by atoms with Crippen LogP contribution in [-0.4, -0.2) is 36.7 Å². The number of nitrogen functional groups attached to an aromatic ring is 1. The van der Waals surface area contributed by atoms with E-state index in [1.807, 2.05) is 56.3 Å². The number of aromatic nitrogens is 6. The fraction of sp³-hybridized carbons (Fsp3) is 0.154. The number of hydrogen-bond acceptors (Lipinski definition) is 9. The van der Waals surface area contributed by atoms with Gasteiger partial charge in [0.2, 0.25) is 17.8 Å². The number of ether oxygens (including phenoxy) is 1. The lowest BCUT2D eigenvalue weighted by molar-refractivity contribution is 0.397. The van der Waals surface area contributed by atoms with Gasteiger partial charge in [-0.2, -0.15) is 14.8 Å². The average Bonchev–Trinajstić information content (AvgIpc) is 3.31. The van der Waals surface area contributed by atoms with Crippen LogP contribution in [0.5, 0.6) is 5.88 Å². The number of methoxy groups -OCH3 is 1. The minimum absolute atomic E-state index is 0.142. The molecule has 5 rings (SSSR count). The molecule has 4 heterocycles. The second-order valence-electron chi connectivity index (χ2n) is 8.19. The number of benzene rings is 1. The smallest absolute Gasteiger partial charge is 0.243 e. The van der Waals surface area contributed by atoms with Gasteiger partial charge in [0, 0.05) is 23.0 Å². The number of pyridine rings is 2. The maximum Gasteiger partial charge on any atom is 0.243 e. The maximum absolute atomic E-state index is 9.76. The van der Waals surface area contributed by atoms with E-state index in [2.05, 4.69) is 31.4 Å². The van der Waals surface area contributed by atoms with Crippen LogP contribution >= 0.6 is 0 Å². The number of nitrogens with one attached hydrogen (secondary N) is 1. The SMILES string of the molecule is COc1cc(-c2c(-c3ccccc3C#N)nc(N)n3nc(NCc4cccc(C)n4)nc23)cc(C)n1. The Morgan fingerprint density at radius 3 is 2.61 bits per heavy atom. The molecule has 0 aliphatic carbocycles. The van der Waals surface area contributed by atoms with Crippen LogP contribution in [0.25, 0.3) is 28.0 Å². The quantitative estimate of drug-likeness (QED) is 0.372. The molecule has 4 aromatic heterocycles. The summed E-state index contributed by atoms with van der Waals surface area (Å²) < 4.78 is 6.90. The molecule has 0 atom stereocenters. The summed E-state index contributed by atoms with van der Waals surface area (Å²) in [6.07, 6.45) is 0. The van der Waals surface area contributed by atoms with Crippen molar-refractivity contribution in [2.24, 2.45) is 0 Å². The van der Waals surface area contributed by atoms with E-state index in [-0.39, 0.29) is 5.95 Å². The molecule has 0 amide bonds. The number of nitrogens with zero attached hydrogens (tertiary/aromatic N) is 7. The molecule has 0 unspecified atom stereocenters. The normalized spacial score (nSPS) is 10.8. The van der Waals surface area contributed by atoms with Gasteiger partial charge in [-0.05, 0) is 43.7 Å². The third kappa shape index (κ3) is 4.25. The molecule has 36 heavy (non-hydrogen) atoms. The second kappa shape index (κ2) is 9.31. The summed E-state index contributed by atoms with van der Waals surface area (Å²) in [5, 5.41) is 17.5. The highest BCUT2D eigenvalue weighted by atomic mass is 16.5. The highest BCUT2D eigenvalue weighted by Gasteiger charge is 2.22. The van der Waals surface area contributed by atoms with Crippen molar-refractivity contribution >= 4 is 17.5 Å². The van der Waals surface area contributed by atoms with Crippen LogP contribution in [0.1, 0.15) is 22.6 Å². The van der Waals surface area contributed by atoms with Crippen molar-refractivity contribution < 1.29 is 4.74 Å². The topological polar surface area (TPSA) is 140 Å². The minimum atomic E-state index is 0.142. The first-order valence-corrected chi connectivity index (χ1v) is 11.2. The number of hydrogen-bond donors (Lipinski definition) is 2. The molecule has 10 nitrogen and oxygen atoms in total. The minimum Gasteiger partial charge on any atom is -0.481 e. The highest BCUT2D eigenvalue weighted by molar-refractivity contribution is 5.92. The molecule has 10 heteroatoms. The van der Waals surface area contributed by atoms with Gasteiger partial charge < -0.3 is 15.8 Å². The highest BCUT2D eigenvalue weighted by Crippen LogP contribution is 2.37. The predicted octanol–water partition coefficient (Wildman–Crippen LogP) is 3.94. The van der Waals surface area contributed by atoms with E-state index in [0.29, 0.717) is 46.4 Å². The van der Waals surface area contributed by atoms with Crippen molar-refractivity contribution in [3.8, 4) is 34.3 Å². The summed E-state index contributed by atoms with van der Waals surface area (Å²) in [5.74, 6) is 0.961. The molecular formula is C26H23N9O. The number of nitriles is 1. The van der Waals surface area contributed by atoms with Crippen LogP contribution in [-0.2, 0) is 6.54 Å². The van der Waals surface area contributed by atoms with Gasteiger partial charge in [0.15, 0.2) is 5.65 Å². The fourth-order valence-electron chi connectivity index (χ4n) is 4.03. The van der Waals surface area contributed by atoms with Gasteiger partial charge in [-0.1, -0.05) is 24.3 Å².